The van der Waals surface area contributed by atoms with Crippen molar-refractivity contribution in [2.75, 3.05) is 11.5 Å². The second-order valence-corrected chi connectivity index (χ2v) is 5.39. The first kappa shape index (κ1) is 10.2. The summed E-state index contributed by atoms with van der Waals surface area (Å²) in [6.45, 7) is 3.42. The second-order valence-electron chi connectivity index (χ2n) is 3.16. The van der Waals surface area contributed by atoms with E-state index in [1.165, 1.54) is 6.08 Å². The molecule has 1 aliphatic heterocycles. The molecular formula is C8H13NO3S. The topological polar surface area (TPSA) is 63.2 Å². The molecule has 74 valence electrons. The molecule has 1 N–H and O–H groups in total. The lowest BCUT2D eigenvalue weighted by Crippen LogP contribution is -2.35. The fraction of sp³-hybridized carbons (Fsp3) is 0.625. The average Bonchev–Trinajstić information content (AvgIpc) is 2.30. The summed E-state index contributed by atoms with van der Waals surface area (Å²) >= 11 is 0. The van der Waals surface area contributed by atoms with Gasteiger partial charge in [-0.25, -0.2) is 8.42 Å². The van der Waals surface area contributed by atoms with Crippen molar-refractivity contribution in [1.82, 2.24) is 5.32 Å². The maximum atomic E-state index is 11.0. The zero-order valence-electron chi connectivity index (χ0n) is 7.32. The molecule has 4 nitrogen and oxygen atoms in total. The molecular weight excluding hydrogens is 190 g/mol. The summed E-state index contributed by atoms with van der Waals surface area (Å²) < 4.78 is 22.0. The number of hydrogen-bond acceptors (Lipinski definition) is 3. The second kappa shape index (κ2) is 3.91. The van der Waals surface area contributed by atoms with Crippen molar-refractivity contribution in [2.24, 2.45) is 0 Å². The molecule has 1 aliphatic rings. The standard InChI is InChI=1S/C8H13NO3S/c1-2-3-8(10)9-7-4-5-13(11,12)6-7/h2,7H,1,3-6H2,(H,9,10)/t7-/m0/s1. The summed E-state index contributed by atoms with van der Waals surface area (Å²) in [5.41, 5.74) is 0. The molecule has 0 bridgehead atoms. The maximum absolute atomic E-state index is 11.0. The summed E-state index contributed by atoms with van der Waals surface area (Å²) in [6.07, 6.45) is 2.28. The third-order valence-corrected chi connectivity index (χ3v) is 3.70. The van der Waals surface area contributed by atoms with E-state index < -0.39 is 9.84 Å². The Labute approximate surface area is 77.9 Å². The predicted octanol–water partition coefficient (Wildman–Crippen LogP) is -0.134. The van der Waals surface area contributed by atoms with Crippen LogP contribution in [0.15, 0.2) is 12.7 Å². The van der Waals surface area contributed by atoms with Crippen molar-refractivity contribution in [3.05, 3.63) is 12.7 Å². The summed E-state index contributed by atoms with van der Waals surface area (Å²) in [7, 11) is -2.90. The van der Waals surface area contributed by atoms with Crippen LogP contribution in [0.3, 0.4) is 0 Å². The van der Waals surface area contributed by atoms with Crippen molar-refractivity contribution >= 4 is 15.7 Å². The first-order chi connectivity index (χ1) is 6.03. The van der Waals surface area contributed by atoms with Crippen LogP contribution in [0.5, 0.6) is 0 Å². The number of sulfone groups is 1. The van der Waals surface area contributed by atoms with Crippen molar-refractivity contribution in [3.63, 3.8) is 0 Å². The Morgan fingerprint density at radius 3 is 2.77 bits per heavy atom. The van der Waals surface area contributed by atoms with Gasteiger partial charge in [0, 0.05) is 12.5 Å². The van der Waals surface area contributed by atoms with Crippen LogP contribution in [-0.4, -0.2) is 31.9 Å². The Hall–Kier alpha value is -0.840. The molecule has 1 rings (SSSR count). The van der Waals surface area contributed by atoms with E-state index in [9.17, 15) is 13.2 Å². The largest absolute Gasteiger partial charge is 0.352 e. The van der Waals surface area contributed by atoms with Gasteiger partial charge in [0.15, 0.2) is 9.84 Å². The van der Waals surface area contributed by atoms with Crippen LogP contribution in [0.4, 0.5) is 0 Å². The summed E-state index contributed by atoms with van der Waals surface area (Å²) in [6, 6.07) is -0.197. The molecule has 13 heavy (non-hydrogen) atoms. The maximum Gasteiger partial charge on any atom is 0.224 e. The lowest BCUT2D eigenvalue weighted by molar-refractivity contribution is -0.120. The SMILES string of the molecule is C=CCC(=O)N[C@H]1CCS(=O)(=O)C1. The Morgan fingerprint density at radius 1 is 1.62 bits per heavy atom. The fourth-order valence-electron chi connectivity index (χ4n) is 1.33. The van der Waals surface area contributed by atoms with E-state index in [4.69, 9.17) is 0 Å². The molecule has 0 aromatic carbocycles. The van der Waals surface area contributed by atoms with E-state index in [1.807, 2.05) is 0 Å². The van der Waals surface area contributed by atoms with Gasteiger partial charge in [-0.3, -0.25) is 4.79 Å². The molecule has 0 unspecified atom stereocenters. The summed E-state index contributed by atoms with van der Waals surface area (Å²) in [4.78, 5) is 11.0. The highest BCUT2D eigenvalue weighted by atomic mass is 32.2. The quantitative estimate of drug-likeness (QED) is 0.650. The Balaban J connectivity index is 2.40. The van der Waals surface area contributed by atoms with Crippen molar-refractivity contribution < 1.29 is 13.2 Å². The Bertz CT molecular complexity index is 307. The smallest absolute Gasteiger partial charge is 0.224 e. The van der Waals surface area contributed by atoms with Gasteiger partial charge >= 0.3 is 0 Å². The molecule has 0 aromatic heterocycles. The van der Waals surface area contributed by atoms with Crippen molar-refractivity contribution in [2.45, 2.75) is 18.9 Å². The van der Waals surface area contributed by atoms with Crippen LogP contribution in [0, 0.1) is 0 Å². The van der Waals surface area contributed by atoms with Gasteiger partial charge < -0.3 is 5.32 Å². The number of carbonyl (C=O) groups excluding carboxylic acids is 1. The fourth-order valence-corrected chi connectivity index (χ4v) is 3.00. The minimum absolute atomic E-state index is 0.0792. The number of nitrogens with one attached hydrogen (secondary N) is 1. The van der Waals surface area contributed by atoms with Gasteiger partial charge in [-0.1, -0.05) is 6.08 Å². The zero-order chi connectivity index (χ0) is 9.90. The number of carbonyl (C=O) groups is 1. The molecule has 1 amide bonds. The average molecular weight is 203 g/mol. The normalized spacial score (nSPS) is 25.4. The van der Waals surface area contributed by atoms with E-state index in [0.717, 1.165) is 0 Å². The summed E-state index contributed by atoms with van der Waals surface area (Å²) in [5, 5.41) is 2.65. The minimum atomic E-state index is -2.90. The lowest BCUT2D eigenvalue weighted by atomic mass is 10.2. The minimum Gasteiger partial charge on any atom is -0.352 e. The van der Waals surface area contributed by atoms with Crippen molar-refractivity contribution in [1.29, 1.82) is 0 Å². The molecule has 1 fully saturated rings. The molecule has 0 radical (unpaired) electrons. The van der Waals surface area contributed by atoms with E-state index in [1.54, 1.807) is 0 Å². The highest BCUT2D eigenvalue weighted by Crippen LogP contribution is 2.11. The van der Waals surface area contributed by atoms with Gasteiger partial charge in [-0.15, -0.1) is 6.58 Å². The molecule has 1 saturated heterocycles. The zero-order valence-corrected chi connectivity index (χ0v) is 8.14. The van der Waals surface area contributed by atoms with E-state index in [2.05, 4.69) is 11.9 Å². The number of rotatable bonds is 3. The first-order valence-corrected chi connectivity index (χ1v) is 5.96. The van der Waals surface area contributed by atoms with Gasteiger partial charge in [-0.05, 0) is 6.42 Å². The highest BCUT2D eigenvalue weighted by molar-refractivity contribution is 7.91. The highest BCUT2D eigenvalue weighted by Gasteiger charge is 2.28. The lowest BCUT2D eigenvalue weighted by Gasteiger charge is -2.08. The van der Waals surface area contributed by atoms with Crippen LogP contribution in [0.25, 0.3) is 0 Å². The van der Waals surface area contributed by atoms with Gasteiger partial charge in [0.2, 0.25) is 5.91 Å². The molecule has 0 aromatic rings. The molecule has 0 saturated carbocycles. The monoisotopic (exact) mass is 203 g/mol. The predicted molar refractivity (Wildman–Crippen MR) is 50.0 cm³/mol. The third kappa shape index (κ3) is 3.18. The Morgan fingerprint density at radius 2 is 2.31 bits per heavy atom. The van der Waals surface area contributed by atoms with Gasteiger partial charge in [0.1, 0.15) is 0 Å². The molecule has 0 spiro atoms. The molecule has 0 aliphatic carbocycles. The van der Waals surface area contributed by atoms with Crippen molar-refractivity contribution in [3.8, 4) is 0 Å². The van der Waals surface area contributed by atoms with Crippen LogP contribution < -0.4 is 5.32 Å². The van der Waals surface area contributed by atoms with Gasteiger partial charge in [0.05, 0.1) is 11.5 Å². The van der Waals surface area contributed by atoms with Gasteiger partial charge in [0.25, 0.3) is 0 Å². The van der Waals surface area contributed by atoms with Crippen LogP contribution >= 0.6 is 0 Å². The number of amides is 1. The van der Waals surface area contributed by atoms with Gasteiger partial charge in [-0.2, -0.15) is 0 Å². The molecule has 1 heterocycles. The first-order valence-electron chi connectivity index (χ1n) is 4.14. The summed E-state index contributed by atoms with van der Waals surface area (Å²) in [5.74, 6) is 0.110. The molecule has 1 atom stereocenters. The molecule has 5 heteroatoms. The van der Waals surface area contributed by atoms with Crippen LogP contribution in [0.2, 0.25) is 0 Å². The number of hydrogen-bond donors (Lipinski definition) is 1. The van der Waals surface area contributed by atoms with Crippen LogP contribution in [-0.2, 0) is 14.6 Å². The van der Waals surface area contributed by atoms with E-state index in [-0.39, 0.29) is 29.9 Å². The third-order valence-electron chi connectivity index (χ3n) is 1.93. The van der Waals surface area contributed by atoms with E-state index in [0.29, 0.717) is 6.42 Å². The Kier molecular flexibility index (Phi) is 3.08. The van der Waals surface area contributed by atoms with Crippen LogP contribution in [0.1, 0.15) is 12.8 Å². The van der Waals surface area contributed by atoms with E-state index >= 15 is 0 Å².